The smallest absolute Gasteiger partial charge is 0.192 e. The van der Waals surface area contributed by atoms with Crippen LogP contribution >= 0.6 is 0 Å². The summed E-state index contributed by atoms with van der Waals surface area (Å²) in [6.07, 6.45) is 1.86. The minimum Gasteiger partial charge on any atom is -0.367 e. The van der Waals surface area contributed by atoms with Crippen LogP contribution in [0.2, 0.25) is 0 Å². The third-order valence-corrected chi connectivity index (χ3v) is 4.51. The number of aromatic nitrogens is 1. The Morgan fingerprint density at radius 1 is 1.18 bits per heavy atom. The zero-order valence-corrected chi connectivity index (χ0v) is 13.4. The first-order chi connectivity index (χ1) is 10.5. The molecule has 0 radical (unpaired) electrons. The Hall–Kier alpha value is -1.88. The Balaban J connectivity index is 2.15. The summed E-state index contributed by atoms with van der Waals surface area (Å²) in [5.74, 6) is -0.303. The minimum atomic E-state index is -0.303. The molecule has 0 bridgehead atoms. The molecule has 1 fully saturated rings. The van der Waals surface area contributed by atoms with Gasteiger partial charge >= 0.3 is 0 Å². The summed E-state index contributed by atoms with van der Waals surface area (Å²) in [7, 11) is 2.08. The van der Waals surface area contributed by atoms with Gasteiger partial charge in [0.1, 0.15) is 5.82 Å². The van der Waals surface area contributed by atoms with Gasteiger partial charge in [-0.05, 0) is 33.0 Å². The van der Waals surface area contributed by atoms with E-state index in [0.717, 1.165) is 38.2 Å². The maximum atomic E-state index is 14.5. The predicted molar refractivity (Wildman–Crippen MR) is 88.3 cm³/mol. The van der Waals surface area contributed by atoms with Crippen LogP contribution in [0.3, 0.4) is 0 Å². The topological polar surface area (TPSA) is 28.5 Å². The second kappa shape index (κ2) is 5.72. The normalized spacial score (nSPS) is 16.5. The van der Waals surface area contributed by atoms with E-state index in [4.69, 9.17) is 0 Å². The highest BCUT2D eigenvalue weighted by atomic mass is 19.1. The lowest BCUT2D eigenvalue weighted by molar-refractivity contribution is 0.312. The number of hydrogen-bond acceptors (Lipinski definition) is 3. The van der Waals surface area contributed by atoms with Crippen molar-refractivity contribution in [1.82, 2.24) is 9.47 Å². The van der Waals surface area contributed by atoms with Crippen LogP contribution in [0.5, 0.6) is 0 Å². The zero-order chi connectivity index (χ0) is 15.9. The second-order valence-electron chi connectivity index (χ2n) is 6.04. The van der Waals surface area contributed by atoms with Crippen LogP contribution in [-0.4, -0.2) is 42.7 Å². The van der Waals surface area contributed by atoms with Crippen LogP contribution in [0.4, 0.5) is 10.1 Å². The molecule has 1 saturated heterocycles. The molecule has 0 amide bonds. The van der Waals surface area contributed by atoms with Gasteiger partial charge < -0.3 is 14.4 Å². The summed E-state index contributed by atoms with van der Waals surface area (Å²) in [4.78, 5) is 16.6. The molecular weight excluding hydrogens is 281 g/mol. The van der Waals surface area contributed by atoms with Crippen LogP contribution in [0, 0.1) is 12.7 Å². The second-order valence-corrected chi connectivity index (χ2v) is 6.04. The molecule has 3 rings (SSSR count). The molecule has 4 nitrogen and oxygen atoms in total. The SMILES string of the molecule is CCn1cc(C)c(=O)c2cc(F)c(N3CCN(C)CC3)cc21. The monoisotopic (exact) mass is 303 g/mol. The van der Waals surface area contributed by atoms with Gasteiger partial charge in [-0.25, -0.2) is 4.39 Å². The van der Waals surface area contributed by atoms with Crippen LogP contribution in [0.15, 0.2) is 23.1 Å². The largest absolute Gasteiger partial charge is 0.367 e. The van der Waals surface area contributed by atoms with E-state index < -0.39 is 0 Å². The Morgan fingerprint density at radius 2 is 1.86 bits per heavy atom. The number of likely N-dealkylation sites (N-methyl/N-ethyl adjacent to an activating group) is 1. The molecule has 2 aromatic rings. The zero-order valence-electron chi connectivity index (χ0n) is 13.4. The van der Waals surface area contributed by atoms with E-state index in [2.05, 4.69) is 16.8 Å². The summed E-state index contributed by atoms with van der Waals surface area (Å²) in [6, 6.07) is 3.24. The highest BCUT2D eigenvalue weighted by Gasteiger charge is 2.19. The number of piperazine rings is 1. The summed E-state index contributed by atoms with van der Waals surface area (Å²) in [5.41, 5.74) is 1.99. The lowest BCUT2D eigenvalue weighted by atomic mass is 10.1. The molecule has 0 unspecified atom stereocenters. The molecule has 5 heteroatoms. The molecule has 1 aromatic carbocycles. The quantitative estimate of drug-likeness (QED) is 0.852. The first-order valence-corrected chi connectivity index (χ1v) is 7.78. The predicted octanol–water partition coefficient (Wildman–Crippen LogP) is 2.22. The van der Waals surface area contributed by atoms with Crippen LogP contribution in [0.25, 0.3) is 10.9 Å². The summed E-state index contributed by atoms with van der Waals surface area (Å²) < 4.78 is 16.6. The van der Waals surface area contributed by atoms with Crippen molar-refractivity contribution in [2.75, 3.05) is 38.1 Å². The Kier molecular flexibility index (Phi) is 3.91. The molecule has 0 N–H and O–H groups in total. The van der Waals surface area contributed by atoms with E-state index in [0.29, 0.717) is 16.6 Å². The van der Waals surface area contributed by atoms with Crippen molar-refractivity contribution in [2.24, 2.45) is 0 Å². The fourth-order valence-corrected chi connectivity index (χ4v) is 3.10. The molecule has 0 atom stereocenters. The third-order valence-electron chi connectivity index (χ3n) is 4.51. The maximum Gasteiger partial charge on any atom is 0.192 e. The van der Waals surface area contributed by atoms with Gasteiger partial charge in [0.25, 0.3) is 0 Å². The Labute approximate surface area is 129 Å². The van der Waals surface area contributed by atoms with Gasteiger partial charge in [-0.2, -0.15) is 0 Å². The van der Waals surface area contributed by atoms with Crippen molar-refractivity contribution in [1.29, 1.82) is 0 Å². The minimum absolute atomic E-state index is 0.0801. The van der Waals surface area contributed by atoms with Crippen molar-refractivity contribution in [3.63, 3.8) is 0 Å². The van der Waals surface area contributed by atoms with Gasteiger partial charge in [0.15, 0.2) is 5.43 Å². The van der Waals surface area contributed by atoms with Gasteiger partial charge in [0, 0.05) is 49.9 Å². The Bertz CT molecular complexity index is 761. The van der Waals surface area contributed by atoms with E-state index in [1.165, 1.54) is 6.07 Å². The number of aryl methyl sites for hydroxylation is 2. The van der Waals surface area contributed by atoms with Gasteiger partial charge in [-0.15, -0.1) is 0 Å². The number of rotatable bonds is 2. The molecule has 1 aliphatic heterocycles. The fraction of sp³-hybridized carbons (Fsp3) is 0.471. The van der Waals surface area contributed by atoms with E-state index >= 15 is 0 Å². The van der Waals surface area contributed by atoms with Crippen molar-refractivity contribution < 1.29 is 4.39 Å². The molecule has 0 saturated carbocycles. The molecule has 1 aliphatic rings. The average molecular weight is 303 g/mol. The van der Waals surface area contributed by atoms with E-state index in [-0.39, 0.29) is 11.2 Å². The van der Waals surface area contributed by atoms with E-state index in [1.807, 2.05) is 23.8 Å². The number of hydrogen-bond donors (Lipinski definition) is 0. The summed E-state index contributed by atoms with van der Waals surface area (Å²) in [6.45, 7) is 8.02. The summed E-state index contributed by atoms with van der Waals surface area (Å²) >= 11 is 0. The van der Waals surface area contributed by atoms with Crippen molar-refractivity contribution in [3.05, 3.63) is 39.9 Å². The summed E-state index contributed by atoms with van der Waals surface area (Å²) in [5, 5.41) is 0.470. The molecule has 0 spiro atoms. The first kappa shape index (κ1) is 15.0. The van der Waals surface area contributed by atoms with Crippen molar-refractivity contribution >= 4 is 16.6 Å². The maximum absolute atomic E-state index is 14.5. The van der Waals surface area contributed by atoms with Crippen LogP contribution in [0.1, 0.15) is 12.5 Å². The highest BCUT2D eigenvalue weighted by molar-refractivity contribution is 5.83. The van der Waals surface area contributed by atoms with Crippen molar-refractivity contribution in [3.8, 4) is 0 Å². The fourth-order valence-electron chi connectivity index (χ4n) is 3.10. The van der Waals surface area contributed by atoms with Gasteiger partial charge in [-0.3, -0.25) is 4.79 Å². The molecular formula is C17H22FN3O. The molecule has 0 aliphatic carbocycles. The first-order valence-electron chi connectivity index (χ1n) is 7.78. The van der Waals surface area contributed by atoms with Crippen molar-refractivity contribution in [2.45, 2.75) is 20.4 Å². The number of pyridine rings is 1. The van der Waals surface area contributed by atoms with Crippen LogP contribution < -0.4 is 10.3 Å². The number of anilines is 1. The van der Waals surface area contributed by atoms with Crippen LogP contribution in [-0.2, 0) is 6.54 Å². The van der Waals surface area contributed by atoms with Gasteiger partial charge in [0.2, 0.25) is 0 Å². The number of nitrogens with zero attached hydrogens (tertiary/aromatic N) is 3. The number of fused-ring (bicyclic) bond motifs is 1. The highest BCUT2D eigenvalue weighted by Crippen LogP contribution is 2.26. The molecule has 1 aromatic heterocycles. The molecule has 118 valence electrons. The van der Waals surface area contributed by atoms with Gasteiger partial charge in [-0.1, -0.05) is 0 Å². The average Bonchev–Trinajstić information content (AvgIpc) is 2.51. The lowest BCUT2D eigenvalue weighted by Gasteiger charge is -2.34. The Morgan fingerprint density at radius 3 is 2.50 bits per heavy atom. The molecule has 2 heterocycles. The number of benzene rings is 1. The third kappa shape index (κ3) is 2.50. The van der Waals surface area contributed by atoms with Gasteiger partial charge in [0.05, 0.1) is 11.2 Å². The molecule has 22 heavy (non-hydrogen) atoms. The standard InChI is InChI=1S/C17H22FN3O/c1-4-20-11-12(2)17(22)13-9-14(18)16(10-15(13)20)21-7-5-19(3)6-8-21/h9-11H,4-8H2,1-3H3. The van der Waals surface area contributed by atoms with E-state index in [1.54, 1.807) is 6.92 Å². The van der Waals surface area contributed by atoms with E-state index in [9.17, 15) is 9.18 Å². The number of halogens is 1. The lowest BCUT2D eigenvalue weighted by Crippen LogP contribution is -2.44.